The normalized spacial score (nSPS) is 26.4. The molecule has 1 heterocycles. The van der Waals surface area contributed by atoms with Gasteiger partial charge in [-0.3, -0.25) is 0 Å². The predicted octanol–water partition coefficient (Wildman–Crippen LogP) is 2.66. The van der Waals surface area contributed by atoms with Crippen LogP contribution in [0.3, 0.4) is 0 Å². The van der Waals surface area contributed by atoms with E-state index >= 15 is 0 Å². The van der Waals surface area contributed by atoms with Gasteiger partial charge in [-0.05, 0) is 30.6 Å². The summed E-state index contributed by atoms with van der Waals surface area (Å²) in [5.41, 5.74) is 3.67. The predicted molar refractivity (Wildman–Crippen MR) is 67.6 cm³/mol. The summed E-state index contributed by atoms with van der Waals surface area (Å²) in [7, 11) is 0. The van der Waals surface area contributed by atoms with Crippen molar-refractivity contribution in [1.29, 1.82) is 0 Å². The van der Waals surface area contributed by atoms with E-state index in [0.29, 0.717) is 17.3 Å². The summed E-state index contributed by atoms with van der Waals surface area (Å²) >= 11 is 0. The average Bonchev–Trinajstić information content (AvgIpc) is 2.72. The lowest BCUT2D eigenvalue weighted by Gasteiger charge is -2.09. The van der Waals surface area contributed by atoms with Crippen molar-refractivity contribution in [3.8, 4) is 0 Å². The first kappa shape index (κ1) is 11.5. The van der Waals surface area contributed by atoms with Gasteiger partial charge in [-0.2, -0.15) is 9.78 Å². The van der Waals surface area contributed by atoms with Crippen LogP contribution < -0.4 is 0 Å². The molecule has 0 aliphatic heterocycles. The molecule has 4 heteroatoms. The van der Waals surface area contributed by atoms with Crippen LogP contribution >= 0.6 is 0 Å². The summed E-state index contributed by atoms with van der Waals surface area (Å²) in [6.45, 7) is 10.3. The second kappa shape index (κ2) is 3.46. The van der Waals surface area contributed by atoms with E-state index in [2.05, 4.69) is 25.5 Å². The lowest BCUT2D eigenvalue weighted by atomic mass is 9.98. The van der Waals surface area contributed by atoms with Crippen LogP contribution in [0.15, 0.2) is 12.7 Å². The van der Waals surface area contributed by atoms with Gasteiger partial charge in [0.25, 0.3) is 0 Å². The van der Waals surface area contributed by atoms with Gasteiger partial charge in [0.2, 0.25) is 0 Å². The molecule has 1 aromatic rings. The third-order valence-corrected chi connectivity index (χ3v) is 4.48. The minimum Gasteiger partial charge on any atom is -0.444 e. The van der Waals surface area contributed by atoms with E-state index in [0.717, 1.165) is 17.8 Å². The standard InChI is InChI=1S/C14H18N2O2/c1-5-6-18-13(17)16-10-7-9-12(14(9,3)4)11(10)8(2)15-16/h5,9,12H,1,6-7H2,2-4H3. The molecule has 1 aromatic heterocycles. The minimum absolute atomic E-state index is 0.227. The van der Waals surface area contributed by atoms with Crippen molar-refractivity contribution >= 4 is 6.09 Å². The van der Waals surface area contributed by atoms with Gasteiger partial charge in [0, 0.05) is 5.56 Å². The second-order valence-electron chi connectivity index (χ2n) is 5.83. The fourth-order valence-corrected chi connectivity index (χ4v) is 3.44. The molecule has 1 fully saturated rings. The lowest BCUT2D eigenvalue weighted by molar-refractivity contribution is 0.155. The Morgan fingerprint density at radius 1 is 1.67 bits per heavy atom. The molecule has 0 bridgehead atoms. The van der Waals surface area contributed by atoms with Crippen LogP contribution in [-0.2, 0) is 11.2 Å². The van der Waals surface area contributed by atoms with Crippen LogP contribution in [0.1, 0.15) is 36.7 Å². The maximum Gasteiger partial charge on any atom is 0.435 e. The van der Waals surface area contributed by atoms with Crippen molar-refractivity contribution in [1.82, 2.24) is 9.78 Å². The number of hydrogen-bond donors (Lipinski definition) is 0. The number of carbonyl (C=O) groups is 1. The van der Waals surface area contributed by atoms with Crippen molar-refractivity contribution in [2.75, 3.05) is 6.61 Å². The van der Waals surface area contributed by atoms with E-state index in [9.17, 15) is 4.79 Å². The first-order valence-corrected chi connectivity index (χ1v) is 6.35. The molecule has 2 atom stereocenters. The minimum atomic E-state index is -0.390. The van der Waals surface area contributed by atoms with Crippen LogP contribution in [0.5, 0.6) is 0 Å². The highest BCUT2D eigenvalue weighted by Crippen LogP contribution is 2.70. The molecule has 4 nitrogen and oxygen atoms in total. The average molecular weight is 246 g/mol. The number of aryl methyl sites for hydroxylation is 1. The summed E-state index contributed by atoms with van der Waals surface area (Å²) in [4.78, 5) is 11.9. The number of nitrogens with zero attached hydrogens (tertiary/aromatic N) is 2. The van der Waals surface area contributed by atoms with Crippen molar-refractivity contribution in [2.24, 2.45) is 11.3 Å². The summed E-state index contributed by atoms with van der Waals surface area (Å²) in [6.07, 6.45) is 2.12. The molecule has 2 aliphatic carbocycles. The van der Waals surface area contributed by atoms with Gasteiger partial charge in [-0.1, -0.05) is 26.5 Å². The maximum atomic E-state index is 11.9. The maximum absolute atomic E-state index is 11.9. The number of fused-ring (bicyclic) bond motifs is 3. The van der Waals surface area contributed by atoms with Crippen LogP contribution in [0.4, 0.5) is 4.79 Å². The number of aromatic nitrogens is 2. The van der Waals surface area contributed by atoms with Crippen molar-refractivity contribution in [2.45, 2.75) is 33.1 Å². The third kappa shape index (κ3) is 1.32. The van der Waals surface area contributed by atoms with Crippen LogP contribution in [0.2, 0.25) is 0 Å². The molecular weight excluding hydrogens is 228 g/mol. The summed E-state index contributed by atoms with van der Waals surface area (Å²) in [5.74, 6) is 1.25. The Hall–Kier alpha value is -1.58. The highest BCUT2D eigenvalue weighted by atomic mass is 16.6. The van der Waals surface area contributed by atoms with Gasteiger partial charge < -0.3 is 4.74 Å². The van der Waals surface area contributed by atoms with E-state index in [1.54, 1.807) is 6.08 Å². The molecular formula is C14H18N2O2. The van der Waals surface area contributed by atoms with E-state index in [4.69, 9.17) is 4.74 Å². The topological polar surface area (TPSA) is 44.1 Å². The van der Waals surface area contributed by atoms with Gasteiger partial charge in [0.15, 0.2) is 0 Å². The van der Waals surface area contributed by atoms with Gasteiger partial charge >= 0.3 is 6.09 Å². The van der Waals surface area contributed by atoms with Gasteiger partial charge in [-0.25, -0.2) is 4.79 Å². The summed E-state index contributed by atoms with van der Waals surface area (Å²) in [6, 6.07) is 0. The van der Waals surface area contributed by atoms with Crippen molar-refractivity contribution in [3.05, 3.63) is 29.6 Å². The first-order chi connectivity index (χ1) is 8.48. The number of carbonyl (C=O) groups excluding carboxylic acids is 1. The molecule has 1 saturated carbocycles. The molecule has 2 aliphatic rings. The molecule has 3 rings (SSSR count). The molecule has 2 unspecified atom stereocenters. The Labute approximate surface area is 107 Å². The zero-order valence-electron chi connectivity index (χ0n) is 11.1. The van der Waals surface area contributed by atoms with Crippen LogP contribution in [0, 0.1) is 18.3 Å². The Morgan fingerprint density at radius 2 is 2.39 bits per heavy atom. The molecule has 0 saturated heterocycles. The lowest BCUT2D eigenvalue weighted by Crippen LogP contribution is -2.18. The number of hydrogen-bond acceptors (Lipinski definition) is 3. The van der Waals surface area contributed by atoms with E-state index < -0.39 is 6.09 Å². The fourth-order valence-electron chi connectivity index (χ4n) is 3.44. The number of rotatable bonds is 2. The SMILES string of the molecule is C=CCOC(=O)n1nc(C)c2c1CC1C2C1(C)C. The van der Waals surface area contributed by atoms with Gasteiger partial charge in [0.1, 0.15) is 6.61 Å². The first-order valence-electron chi connectivity index (χ1n) is 6.35. The third-order valence-electron chi connectivity index (χ3n) is 4.48. The highest BCUT2D eigenvalue weighted by molar-refractivity contribution is 5.72. The Morgan fingerprint density at radius 3 is 3.06 bits per heavy atom. The van der Waals surface area contributed by atoms with Crippen LogP contribution in [-0.4, -0.2) is 22.5 Å². The Bertz CT molecular complexity index is 542. The van der Waals surface area contributed by atoms with Crippen LogP contribution in [0.25, 0.3) is 0 Å². The zero-order chi connectivity index (χ0) is 13.1. The zero-order valence-corrected chi connectivity index (χ0v) is 11.1. The smallest absolute Gasteiger partial charge is 0.435 e. The highest BCUT2D eigenvalue weighted by Gasteiger charge is 2.64. The fraction of sp³-hybridized carbons (Fsp3) is 0.571. The molecule has 0 aromatic carbocycles. The molecule has 0 spiro atoms. The van der Waals surface area contributed by atoms with Crippen molar-refractivity contribution < 1.29 is 9.53 Å². The van der Waals surface area contributed by atoms with E-state index in [-0.39, 0.29) is 6.61 Å². The number of ether oxygens (including phenoxy) is 1. The molecule has 0 radical (unpaired) electrons. The molecule has 18 heavy (non-hydrogen) atoms. The Kier molecular flexibility index (Phi) is 2.22. The van der Waals surface area contributed by atoms with E-state index in [1.807, 2.05) is 6.92 Å². The summed E-state index contributed by atoms with van der Waals surface area (Å²) in [5, 5.41) is 4.34. The monoisotopic (exact) mass is 246 g/mol. The molecule has 0 N–H and O–H groups in total. The van der Waals surface area contributed by atoms with E-state index in [1.165, 1.54) is 10.2 Å². The molecule has 0 amide bonds. The second-order valence-corrected chi connectivity index (χ2v) is 5.83. The van der Waals surface area contributed by atoms with Crippen molar-refractivity contribution in [3.63, 3.8) is 0 Å². The summed E-state index contributed by atoms with van der Waals surface area (Å²) < 4.78 is 6.50. The quantitative estimate of drug-likeness (QED) is 0.753. The molecule has 96 valence electrons. The largest absolute Gasteiger partial charge is 0.444 e. The Balaban J connectivity index is 1.93. The van der Waals surface area contributed by atoms with Gasteiger partial charge in [0.05, 0.1) is 11.4 Å². The van der Waals surface area contributed by atoms with Gasteiger partial charge in [-0.15, -0.1) is 0 Å².